The van der Waals surface area contributed by atoms with E-state index in [2.05, 4.69) is 20.2 Å². The van der Waals surface area contributed by atoms with Crippen LogP contribution in [-0.2, 0) is 5.60 Å². The number of halogens is 1. The third-order valence-electron chi connectivity index (χ3n) is 6.06. The summed E-state index contributed by atoms with van der Waals surface area (Å²) in [6.45, 7) is 0.699. The summed E-state index contributed by atoms with van der Waals surface area (Å²) in [5, 5.41) is 20.4. The first kappa shape index (κ1) is 18.7. The fraction of sp³-hybridized carbons (Fsp3) is 0.400. The third-order valence-corrected chi connectivity index (χ3v) is 7.32. The van der Waals surface area contributed by atoms with Gasteiger partial charge in [0.05, 0.1) is 22.5 Å². The van der Waals surface area contributed by atoms with Crippen LogP contribution in [0.4, 0.5) is 0 Å². The molecule has 9 heteroatoms. The van der Waals surface area contributed by atoms with Gasteiger partial charge in [-0.3, -0.25) is 9.89 Å². The van der Waals surface area contributed by atoms with Crippen LogP contribution in [0.25, 0.3) is 10.4 Å². The van der Waals surface area contributed by atoms with Crippen LogP contribution in [0.5, 0.6) is 0 Å². The molecule has 3 unspecified atom stereocenters. The number of H-pyrrole nitrogens is 1. The molecule has 150 valence electrons. The SMILES string of the molecule is O=C(c1csc(-c2cn[nH]c2)c1)N1CCCC2CC(O)(c3ncncc3Cl)CC21. The van der Waals surface area contributed by atoms with Crippen molar-refractivity contribution in [2.24, 2.45) is 5.92 Å². The summed E-state index contributed by atoms with van der Waals surface area (Å²) >= 11 is 7.80. The zero-order valence-corrected chi connectivity index (χ0v) is 17.2. The number of nitrogens with zero attached hydrogens (tertiary/aromatic N) is 4. The molecule has 0 bridgehead atoms. The van der Waals surface area contributed by atoms with Crippen molar-refractivity contribution in [3.05, 3.63) is 52.6 Å². The highest BCUT2D eigenvalue weighted by Gasteiger charge is 2.51. The van der Waals surface area contributed by atoms with E-state index in [1.807, 2.05) is 22.5 Å². The number of aromatic amines is 1. The van der Waals surface area contributed by atoms with Crippen molar-refractivity contribution >= 4 is 28.8 Å². The van der Waals surface area contributed by atoms with Crippen molar-refractivity contribution in [1.29, 1.82) is 0 Å². The molecule has 29 heavy (non-hydrogen) atoms. The van der Waals surface area contributed by atoms with E-state index >= 15 is 0 Å². The maximum atomic E-state index is 13.3. The molecule has 5 rings (SSSR count). The number of likely N-dealkylation sites (tertiary alicyclic amines) is 1. The number of carbonyl (C=O) groups is 1. The van der Waals surface area contributed by atoms with Gasteiger partial charge in [0.25, 0.3) is 5.91 Å². The molecular formula is C20H20ClN5O2S. The summed E-state index contributed by atoms with van der Waals surface area (Å²) in [4.78, 5) is 24.4. The molecule has 3 atom stereocenters. The monoisotopic (exact) mass is 429 g/mol. The molecule has 3 aromatic rings. The van der Waals surface area contributed by atoms with Crippen molar-refractivity contribution in [2.75, 3.05) is 6.54 Å². The van der Waals surface area contributed by atoms with E-state index in [-0.39, 0.29) is 17.9 Å². The van der Waals surface area contributed by atoms with Gasteiger partial charge in [-0.2, -0.15) is 5.10 Å². The molecular weight excluding hydrogens is 410 g/mol. The Bertz CT molecular complexity index is 1040. The van der Waals surface area contributed by atoms with Crippen molar-refractivity contribution in [3.8, 4) is 10.4 Å². The summed E-state index contributed by atoms with van der Waals surface area (Å²) in [5.41, 5.74) is 0.991. The van der Waals surface area contributed by atoms with Gasteiger partial charge in [-0.25, -0.2) is 9.97 Å². The first-order chi connectivity index (χ1) is 14.0. The van der Waals surface area contributed by atoms with E-state index in [0.717, 1.165) is 23.3 Å². The Morgan fingerprint density at radius 1 is 1.38 bits per heavy atom. The fourth-order valence-corrected chi connectivity index (χ4v) is 5.91. The van der Waals surface area contributed by atoms with Gasteiger partial charge >= 0.3 is 0 Å². The molecule has 2 N–H and O–H groups in total. The van der Waals surface area contributed by atoms with Gasteiger partial charge in [-0.05, 0) is 31.2 Å². The smallest absolute Gasteiger partial charge is 0.254 e. The minimum absolute atomic E-state index is 0.0173. The van der Waals surface area contributed by atoms with Gasteiger partial charge in [0.1, 0.15) is 11.9 Å². The molecule has 3 aromatic heterocycles. The zero-order valence-electron chi connectivity index (χ0n) is 15.6. The summed E-state index contributed by atoms with van der Waals surface area (Å²) in [7, 11) is 0. The number of amides is 1. The van der Waals surface area contributed by atoms with Gasteiger partial charge in [0.15, 0.2) is 0 Å². The summed E-state index contributed by atoms with van der Waals surface area (Å²) in [6.07, 6.45) is 9.41. The standard InChI is InChI=1S/C20H20ClN5O2S/c21-15-9-22-11-23-18(15)20(28)5-12-2-1-3-26(16(12)6-20)19(27)13-4-17(29-10-13)14-7-24-25-8-14/h4,7-12,16,28H,1-3,5-6H2,(H,24,25). The minimum atomic E-state index is -1.13. The molecule has 2 fully saturated rings. The number of thiophene rings is 1. The van der Waals surface area contributed by atoms with Gasteiger partial charge < -0.3 is 10.0 Å². The maximum absolute atomic E-state index is 13.3. The Balaban J connectivity index is 1.40. The maximum Gasteiger partial charge on any atom is 0.254 e. The van der Waals surface area contributed by atoms with Crippen LogP contribution in [0.3, 0.4) is 0 Å². The second-order valence-corrected chi connectivity index (χ2v) is 9.13. The van der Waals surface area contributed by atoms with Gasteiger partial charge in [-0.1, -0.05) is 11.6 Å². The Labute approximate surface area is 176 Å². The number of hydrogen-bond acceptors (Lipinski definition) is 6. The second kappa shape index (κ2) is 7.19. The number of aromatic nitrogens is 4. The number of aliphatic hydroxyl groups is 1. The van der Waals surface area contributed by atoms with Crippen molar-refractivity contribution in [3.63, 3.8) is 0 Å². The lowest BCUT2D eigenvalue weighted by atomic mass is 9.91. The summed E-state index contributed by atoms with van der Waals surface area (Å²) < 4.78 is 0. The van der Waals surface area contributed by atoms with E-state index in [1.54, 1.807) is 6.20 Å². The molecule has 1 saturated carbocycles. The van der Waals surface area contributed by atoms with E-state index in [9.17, 15) is 9.90 Å². The Hall–Kier alpha value is -2.29. The largest absolute Gasteiger partial charge is 0.383 e. The normalized spacial score (nSPS) is 26.5. The molecule has 1 aliphatic heterocycles. The Morgan fingerprint density at radius 3 is 3.07 bits per heavy atom. The Morgan fingerprint density at radius 2 is 2.28 bits per heavy atom. The van der Waals surface area contributed by atoms with E-state index < -0.39 is 5.60 Å². The lowest BCUT2D eigenvalue weighted by Crippen LogP contribution is -2.46. The van der Waals surface area contributed by atoms with Crippen LogP contribution < -0.4 is 0 Å². The second-order valence-electron chi connectivity index (χ2n) is 7.81. The predicted octanol–water partition coefficient (Wildman–Crippen LogP) is 3.48. The van der Waals surface area contributed by atoms with Crippen LogP contribution >= 0.6 is 22.9 Å². The molecule has 0 radical (unpaired) electrons. The molecule has 2 aliphatic rings. The lowest BCUT2D eigenvalue weighted by Gasteiger charge is -2.37. The summed E-state index contributed by atoms with van der Waals surface area (Å²) in [5.74, 6) is 0.249. The average Bonchev–Trinajstić information content (AvgIpc) is 3.46. The topological polar surface area (TPSA) is 95.0 Å². The van der Waals surface area contributed by atoms with Crippen LogP contribution in [0.1, 0.15) is 41.7 Å². The molecule has 7 nitrogen and oxygen atoms in total. The number of carbonyl (C=O) groups excluding carboxylic acids is 1. The average molecular weight is 430 g/mol. The highest BCUT2D eigenvalue weighted by molar-refractivity contribution is 7.13. The highest BCUT2D eigenvalue weighted by Crippen LogP contribution is 2.48. The first-order valence-electron chi connectivity index (χ1n) is 9.62. The lowest BCUT2D eigenvalue weighted by molar-refractivity contribution is 0.0294. The highest BCUT2D eigenvalue weighted by atomic mass is 35.5. The minimum Gasteiger partial charge on any atom is -0.383 e. The molecule has 1 amide bonds. The van der Waals surface area contributed by atoms with Gasteiger partial charge in [0, 0.05) is 47.2 Å². The van der Waals surface area contributed by atoms with Crippen molar-refractivity contribution in [1.82, 2.24) is 25.1 Å². The van der Waals surface area contributed by atoms with Gasteiger partial charge in [0.2, 0.25) is 0 Å². The van der Waals surface area contributed by atoms with Crippen LogP contribution in [0.2, 0.25) is 5.02 Å². The molecule has 0 aromatic carbocycles. The van der Waals surface area contributed by atoms with E-state index in [0.29, 0.717) is 35.7 Å². The molecule has 4 heterocycles. The zero-order chi connectivity index (χ0) is 20.0. The predicted molar refractivity (Wildman–Crippen MR) is 110 cm³/mol. The number of nitrogens with one attached hydrogen (secondary N) is 1. The first-order valence-corrected chi connectivity index (χ1v) is 10.9. The third kappa shape index (κ3) is 3.25. The number of piperidine rings is 1. The quantitative estimate of drug-likeness (QED) is 0.664. The van der Waals surface area contributed by atoms with Crippen molar-refractivity contribution < 1.29 is 9.90 Å². The van der Waals surface area contributed by atoms with E-state index in [4.69, 9.17) is 11.6 Å². The van der Waals surface area contributed by atoms with Gasteiger partial charge in [-0.15, -0.1) is 11.3 Å². The molecule has 0 spiro atoms. The number of fused-ring (bicyclic) bond motifs is 1. The van der Waals surface area contributed by atoms with Crippen LogP contribution in [-0.4, -0.2) is 48.7 Å². The molecule has 1 aliphatic carbocycles. The van der Waals surface area contributed by atoms with Crippen LogP contribution in [0, 0.1) is 5.92 Å². The Kier molecular flexibility index (Phi) is 4.64. The van der Waals surface area contributed by atoms with Crippen molar-refractivity contribution in [2.45, 2.75) is 37.3 Å². The van der Waals surface area contributed by atoms with Crippen LogP contribution in [0.15, 0.2) is 36.4 Å². The number of rotatable bonds is 3. The number of hydrogen-bond donors (Lipinski definition) is 2. The summed E-state index contributed by atoms with van der Waals surface area (Å²) in [6, 6.07) is 1.90. The van der Waals surface area contributed by atoms with E-state index in [1.165, 1.54) is 23.9 Å². The fourth-order valence-electron chi connectivity index (χ4n) is 4.77. The molecule has 1 saturated heterocycles.